The van der Waals surface area contributed by atoms with Gasteiger partial charge in [-0.05, 0) is 49.9 Å². The minimum Gasteiger partial charge on any atom is -0.456 e. The fraction of sp³-hybridized carbons (Fsp3) is 0.286. The lowest BCUT2D eigenvalue weighted by Gasteiger charge is -2.31. The van der Waals surface area contributed by atoms with E-state index < -0.39 is 22.2 Å². The molecule has 0 radical (unpaired) electrons. The number of carbonyl (C=O) groups is 1. The number of ether oxygens (including phenoxy) is 2. The van der Waals surface area contributed by atoms with E-state index in [-0.39, 0.29) is 22.1 Å². The summed E-state index contributed by atoms with van der Waals surface area (Å²) in [5, 5.41) is 12.1. The molecule has 0 aliphatic heterocycles. The molecule has 3 rings (SSSR count). The van der Waals surface area contributed by atoms with Crippen LogP contribution in [0.15, 0.2) is 36.4 Å². The molecular weight excluding hydrogens is 417 g/mol. The van der Waals surface area contributed by atoms with Crippen LogP contribution >= 0.6 is 23.2 Å². The molecule has 6 nitrogen and oxygen atoms in total. The van der Waals surface area contributed by atoms with E-state index in [0.717, 1.165) is 19.3 Å². The van der Waals surface area contributed by atoms with Crippen LogP contribution in [0.2, 0.25) is 10.0 Å². The molecule has 1 fully saturated rings. The number of nitro benzene ring substituents is 1. The maximum atomic E-state index is 12.8. The number of nitrogens with zero attached hydrogens (tertiary/aromatic N) is 1. The van der Waals surface area contributed by atoms with Crippen LogP contribution in [-0.4, -0.2) is 16.5 Å². The Morgan fingerprint density at radius 1 is 1.14 bits per heavy atom. The Morgan fingerprint density at radius 2 is 1.86 bits per heavy atom. The number of esters is 1. The van der Waals surface area contributed by atoms with E-state index in [1.54, 1.807) is 12.1 Å². The quantitative estimate of drug-likeness (QED) is 0.243. The fourth-order valence-electron chi connectivity index (χ4n) is 3.22. The van der Waals surface area contributed by atoms with Gasteiger partial charge in [-0.15, -0.1) is 6.42 Å². The summed E-state index contributed by atoms with van der Waals surface area (Å²) < 4.78 is 11.2. The summed E-state index contributed by atoms with van der Waals surface area (Å²) in [5.74, 6) is 2.18. The molecule has 0 heterocycles. The average Bonchev–Trinajstić information content (AvgIpc) is 2.70. The number of hydrogen-bond donors (Lipinski definition) is 0. The molecule has 0 spiro atoms. The highest BCUT2D eigenvalue weighted by atomic mass is 35.5. The van der Waals surface area contributed by atoms with Crippen molar-refractivity contribution in [2.75, 3.05) is 0 Å². The number of carbonyl (C=O) groups excluding carboxylic acids is 1. The second-order valence-electron chi connectivity index (χ2n) is 6.70. The zero-order valence-corrected chi connectivity index (χ0v) is 16.8. The maximum absolute atomic E-state index is 12.8. The van der Waals surface area contributed by atoms with Crippen molar-refractivity contribution < 1.29 is 19.2 Å². The van der Waals surface area contributed by atoms with E-state index in [1.807, 2.05) is 0 Å². The monoisotopic (exact) mass is 433 g/mol. The van der Waals surface area contributed by atoms with Gasteiger partial charge in [0.25, 0.3) is 5.69 Å². The summed E-state index contributed by atoms with van der Waals surface area (Å²) in [4.78, 5) is 23.6. The van der Waals surface area contributed by atoms with Crippen LogP contribution in [-0.2, 0) is 4.74 Å². The minimum atomic E-state index is -1.04. The topological polar surface area (TPSA) is 78.7 Å². The van der Waals surface area contributed by atoms with Gasteiger partial charge in [0, 0.05) is 17.2 Å². The van der Waals surface area contributed by atoms with Gasteiger partial charge in [0.15, 0.2) is 5.60 Å². The van der Waals surface area contributed by atoms with E-state index in [0.29, 0.717) is 17.9 Å². The van der Waals surface area contributed by atoms with Crippen molar-refractivity contribution in [2.24, 2.45) is 0 Å². The van der Waals surface area contributed by atoms with Crippen molar-refractivity contribution in [3.05, 3.63) is 62.1 Å². The second-order valence-corrected chi connectivity index (χ2v) is 7.55. The van der Waals surface area contributed by atoms with Crippen LogP contribution in [0.3, 0.4) is 0 Å². The van der Waals surface area contributed by atoms with E-state index in [1.165, 1.54) is 24.3 Å². The molecule has 29 heavy (non-hydrogen) atoms. The normalized spacial score (nSPS) is 15.2. The third-order valence-electron chi connectivity index (χ3n) is 4.72. The van der Waals surface area contributed by atoms with Gasteiger partial charge in [-0.3, -0.25) is 10.1 Å². The highest BCUT2D eigenvalue weighted by molar-refractivity contribution is 6.35. The van der Waals surface area contributed by atoms with E-state index in [4.69, 9.17) is 39.1 Å². The van der Waals surface area contributed by atoms with Crippen molar-refractivity contribution in [3.63, 3.8) is 0 Å². The molecule has 0 atom stereocenters. The van der Waals surface area contributed by atoms with Gasteiger partial charge in [0.05, 0.1) is 9.95 Å². The van der Waals surface area contributed by atoms with Crippen molar-refractivity contribution in [1.29, 1.82) is 0 Å². The van der Waals surface area contributed by atoms with Crippen molar-refractivity contribution in [2.45, 2.75) is 37.7 Å². The fourth-order valence-corrected chi connectivity index (χ4v) is 3.66. The first kappa shape index (κ1) is 21.0. The van der Waals surface area contributed by atoms with Gasteiger partial charge in [-0.2, -0.15) is 0 Å². The first-order chi connectivity index (χ1) is 13.8. The van der Waals surface area contributed by atoms with E-state index >= 15 is 0 Å². The van der Waals surface area contributed by atoms with Gasteiger partial charge in [0.2, 0.25) is 0 Å². The molecule has 2 aromatic rings. The van der Waals surface area contributed by atoms with Crippen molar-refractivity contribution >= 4 is 34.9 Å². The summed E-state index contributed by atoms with van der Waals surface area (Å²) in [5.41, 5.74) is -1.68. The first-order valence-corrected chi connectivity index (χ1v) is 9.72. The van der Waals surface area contributed by atoms with Crippen LogP contribution in [0.4, 0.5) is 5.69 Å². The molecule has 0 aromatic heterocycles. The van der Waals surface area contributed by atoms with Crippen molar-refractivity contribution in [1.82, 2.24) is 0 Å². The Morgan fingerprint density at radius 3 is 2.48 bits per heavy atom. The Kier molecular flexibility index (Phi) is 6.31. The van der Waals surface area contributed by atoms with Gasteiger partial charge in [-0.1, -0.05) is 35.5 Å². The molecule has 1 saturated carbocycles. The minimum absolute atomic E-state index is 0.185. The van der Waals surface area contributed by atoms with Gasteiger partial charge in [0.1, 0.15) is 17.1 Å². The van der Waals surface area contributed by atoms with Crippen LogP contribution in [0.5, 0.6) is 11.5 Å². The number of nitro groups is 1. The number of terminal acetylenes is 1. The van der Waals surface area contributed by atoms with Crippen molar-refractivity contribution in [3.8, 4) is 23.8 Å². The molecular formula is C21H17Cl2NO5. The molecule has 2 aromatic carbocycles. The average molecular weight is 434 g/mol. The Balaban J connectivity index is 1.91. The molecule has 0 bridgehead atoms. The Bertz CT molecular complexity index is 993. The molecule has 1 aliphatic carbocycles. The molecule has 0 N–H and O–H groups in total. The Hall–Kier alpha value is -2.75. The summed E-state index contributed by atoms with van der Waals surface area (Å²) in [7, 11) is 0. The maximum Gasteiger partial charge on any atom is 0.346 e. The summed E-state index contributed by atoms with van der Waals surface area (Å²) in [6, 6.07) is 8.44. The highest BCUT2D eigenvalue weighted by Gasteiger charge is 2.36. The zero-order chi connectivity index (χ0) is 21.0. The molecule has 8 heteroatoms. The molecule has 0 saturated heterocycles. The van der Waals surface area contributed by atoms with Crippen LogP contribution in [0, 0.1) is 22.5 Å². The van der Waals surface area contributed by atoms with E-state index in [2.05, 4.69) is 5.92 Å². The second kappa shape index (κ2) is 8.73. The molecule has 150 valence electrons. The zero-order valence-electron chi connectivity index (χ0n) is 15.3. The highest BCUT2D eigenvalue weighted by Crippen LogP contribution is 2.36. The lowest BCUT2D eigenvalue weighted by atomic mass is 9.85. The standard InChI is InChI=1S/C21H17Cl2NO5/c1-2-21(10-4-3-5-11-21)29-20(25)16-13-15(7-8-18(16)24(26)27)28-19-9-6-14(22)12-17(19)23/h1,6-9,12-13H,3-5,10-11H2. The van der Waals surface area contributed by atoms with Gasteiger partial charge >= 0.3 is 5.97 Å². The predicted molar refractivity (Wildman–Crippen MR) is 110 cm³/mol. The number of benzene rings is 2. The summed E-state index contributed by atoms with van der Waals surface area (Å²) >= 11 is 12.0. The lowest BCUT2D eigenvalue weighted by Crippen LogP contribution is -2.35. The predicted octanol–water partition coefficient (Wildman–Crippen LogP) is 6.19. The van der Waals surface area contributed by atoms with Crippen LogP contribution in [0.25, 0.3) is 0 Å². The van der Waals surface area contributed by atoms with Gasteiger partial charge in [-0.25, -0.2) is 4.79 Å². The third kappa shape index (κ3) is 4.81. The number of halogens is 2. The Labute approximate surface area is 177 Å². The summed E-state index contributed by atoms with van der Waals surface area (Å²) in [6.45, 7) is 0. The number of hydrogen-bond acceptors (Lipinski definition) is 5. The smallest absolute Gasteiger partial charge is 0.346 e. The lowest BCUT2D eigenvalue weighted by molar-refractivity contribution is -0.385. The molecule has 0 amide bonds. The molecule has 1 aliphatic rings. The molecule has 0 unspecified atom stereocenters. The number of rotatable bonds is 5. The largest absolute Gasteiger partial charge is 0.456 e. The summed E-state index contributed by atoms with van der Waals surface area (Å²) in [6.07, 6.45) is 9.34. The first-order valence-electron chi connectivity index (χ1n) is 8.96. The van der Waals surface area contributed by atoms with E-state index in [9.17, 15) is 14.9 Å². The van der Waals surface area contributed by atoms with Crippen LogP contribution in [0.1, 0.15) is 42.5 Å². The SMILES string of the molecule is C#CC1(OC(=O)c2cc(Oc3ccc(Cl)cc3Cl)ccc2[N+](=O)[O-])CCCCC1. The van der Waals surface area contributed by atoms with Crippen LogP contribution < -0.4 is 4.74 Å². The van der Waals surface area contributed by atoms with Gasteiger partial charge < -0.3 is 9.47 Å². The third-order valence-corrected chi connectivity index (χ3v) is 5.25.